The predicted molar refractivity (Wildman–Crippen MR) is 71.2 cm³/mol. The number of aromatic nitrogens is 1. The van der Waals surface area contributed by atoms with E-state index in [1.807, 2.05) is 13.8 Å². The van der Waals surface area contributed by atoms with Gasteiger partial charge in [-0.3, -0.25) is 4.79 Å². The molecular weight excluding hydrogens is 266 g/mol. The minimum Gasteiger partial charge on any atom is -0.348 e. The average Bonchev–Trinajstić information content (AvgIpc) is 2.81. The molecule has 0 radical (unpaired) electrons. The quantitative estimate of drug-likeness (QED) is 0.858. The summed E-state index contributed by atoms with van der Waals surface area (Å²) in [5.74, 6) is 0.238. The van der Waals surface area contributed by atoms with Crippen LogP contribution in [0.4, 0.5) is 0 Å². The van der Waals surface area contributed by atoms with Crippen molar-refractivity contribution in [3.8, 4) is 0 Å². The van der Waals surface area contributed by atoms with E-state index in [9.17, 15) is 13.2 Å². The molecule has 19 heavy (non-hydrogen) atoms. The van der Waals surface area contributed by atoms with Gasteiger partial charge in [-0.05, 0) is 32.3 Å². The average molecular weight is 285 g/mol. The molecule has 0 saturated heterocycles. The van der Waals surface area contributed by atoms with Crippen LogP contribution in [0.15, 0.2) is 17.2 Å². The van der Waals surface area contributed by atoms with Gasteiger partial charge in [0.05, 0.1) is 0 Å². The molecule has 1 aliphatic carbocycles. The first-order valence-electron chi connectivity index (χ1n) is 6.25. The highest BCUT2D eigenvalue weighted by Crippen LogP contribution is 2.29. The summed E-state index contributed by atoms with van der Waals surface area (Å²) in [4.78, 5) is 12.1. The maximum absolute atomic E-state index is 12.1. The number of carbonyl (C=O) groups is 1. The number of nitrogens with two attached hydrogens (primary N) is 1. The molecule has 0 aromatic carbocycles. The Morgan fingerprint density at radius 1 is 1.53 bits per heavy atom. The molecule has 1 amide bonds. The lowest BCUT2D eigenvalue weighted by Gasteiger charge is -2.12. The van der Waals surface area contributed by atoms with Gasteiger partial charge in [0, 0.05) is 18.3 Å². The molecule has 2 rings (SSSR count). The smallest absolute Gasteiger partial charge is 0.268 e. The first-order chi connectivity index (χ1) is 8.70. The van der Waals surface area contributed by atoms with E-state index in [0.29, 0.717) is 11.6 Å². The molecular formula is C12H19N3O3S. The monoisotopic (exact) mass is 285 g/mol. The maximum Gasteiger partial charge on any atom is 0.268 e. The lowest BCUT2D eigenvalue weighted by Crippen LogP contribution is -2.28. The van der Waals surface area contributed by atoms with Crippen LogP contribution < -0.4 is 10.5 Å². The summed E-state index contributed by atoms with van der Waals surface area (Å²) in [6, 6.07) is 1.51. The van der Waals surface area contributed by atoms with E-state index in [4.69, 9.17) is 5.14 Å². The Morgan fingerprint density at radius 3 is 2.53 bits per heavy atom. The van der Waals surface area contributed by atoms with Gasteiger partial charge >= 0.3 is 0 Å². The van der Waals surface area contributed by atoms with Gasteiger partial charge in [-0.15, -0.1) is 0 Å². The molecule has 7 heteroatoms. The summed E-state index contributed by atoms with van der Waals surface area (Å²) in [7, 11) is -3.80. The van der Waals surface area contributed by atoms with E-state index in [2.05, 4.69) is 12.2 Å². The molecule has 0 aliphatic heterocycles. The second kappa shape index (κ2) is 4.64. The summed E-state index contributed by atoms with van der Waals surface area (Å²) >= 11 is 0. The second-order valence-corrected chi connectivity index (χ2v) is 6.96. The zero-order valence-corrected chi connectivity index (χ0v) is 12.1. The molecule has 0 spiro atoms. The van der Waals surface area contributed by atoms with E-state index in [0.717, 1.165) is 6.42 Å². The number of primary sulfonamides is 1. The fourth-order valence-electron chi connectivity index (χ4n) is 1.98. The summed E-state index contributed by atoms with van der Waals surface area (Å²) in [6.45, 7) is 5.81. The molecule has 106 valence electrons. The Bertz CT molecular complexity index is 604. The lowest BCUT2D eigenvalue weighted by molar-refractivity contribution is 0.0938. The largest absolute Gasteiger partial charge is 0.348 e. The number of nitrogens with one attached hydrogen (secondary N) is 1. The van der Waals surface area contributed by atoms with E-state index >= 15 is 0 Å². The summed E-state index contributed by atoms with van der Waals surface area (Å²) < 4.78 is 24.4. The molecule has 0 bridgehead atoms. The lowest BCUT2D eigenvalue weighted by atomic mass is 10.3. The van der Waals surface area contributed by atoms with Gasteiger partial charge in [0.15, 0.2) is 0 Å². The highest BCUT2D eigenvalue weighted by atomic mass is 32.2. The summed E-state index contributed by atoms with van der Waals surface area (Å²) in [5.41, 5.74) is 0.332. The number of carbonyl (C=O) groups excluding carboxylic acids is 1. The minimum absolute atomic E-state index is 0.0205. The van der Waals surface area contributed by atoms with Crippen molar-refractivity contribution in [2.24, 2.45) is 11.1 Å². The zero-order chi connectivity index (χ0) is 14.4. The van der Waals surface area contributed by atoms with E-state index in [1.165, 1.54) is 12.3 Å². The van der Waals surface area contributed by atoms with Gasteiger partial charge in [-0.1, -0.05) is 6.92 Å². The van der Waals surface area contributed by atoms with Crippen LogP contribution >= 0.6 is 0 Å². The fourth-order valence-corrected chi connectivity index (χ4v) is 2.52. The number of nitrogens with zero attached hydrogens (tertiary/aromatic N) is 1. The van der Waals surface area contributed by atoms with Crippen LogP contribution in [0.5, 0.6) is 0 Å². The molecule has 1 aromatic heterocycles. The van der Waals surface area contributed by atoms with E-state index < -0.39 is 10.0 Å². The Morgan fingerprint density at radius 2 is 2.11 bits per heavy atom. The Balaban J connectivity index is 2.32. The number of amides is 1. The third-order valence-electron chi connectivity index (χ3n) is 3.37. The van der Waals surface area contributed by atoms with Crippen LogP contribution in [0.1, 0.15) is 43.7 Å². The second-order valence-electron chi connectivity index (χ2n) is 5.40. The number of hydrogen-bond donors (Lipinski definition) is 2. The molecule has 2 unspecified atom stereocenters. The van der Waals surface area contributed by atoms with Crippen molar-refractivity contribution in [2.45, 2.75) is 44.2 Å². The number of hydrogen-bond acceptors (Lipinski definition) is 3. The van der Waals surface area contributed by atoms with Gasteiger partial charge in [0.1, 0.15) is 10.6 Å². The van der Waals surface area contributed by atoms with E-state index in [1.54, 1.807) is 4.57 Å². The Labute approximate surface area is 113 Å². The molecule has 1 heterocycles. The van der Waals surface area contributed by atoms with Crippen molar-refractivity contribution in [2.75, 3.05) is 0 Å². The van der Waals surface area contributed by atoms with Gasteiger partial charge < -0.3 is 9.88 Å². The standard InChI is InChI=1S/C12H19N3O3S/c1-7(2)15-6-9(19(13,17)18)5-11(15)12(16)14-10-4-8(10)3/h5-8,10H,4H2,1-3H3,(H,14,16)(H2,13,17,18). The van der Waals surface area contributed by atoms with Crippen molar-refractivity contribution in [3.05, 3.63) is 18.0 Å². The molecule has 1 saturated carbocycles. The van der Waals surface area contributed by atoms with Crippen LogP contribution in [-0.2, 0) is 10.0 Å². The highest BCUT2D eigenvalue weighted by molar-refractivity contribution is 7.89. The number of rotatable bonds is 4. The Kier molecular flexibility index (Phi) is 3.44. The third kappa shape index (κ3) is 2.98. The van der Waals surface area contributed by atoms with Gasteiger partial charge in [0.2, 0.25) is 10.0 Å². The van der Waals surface area contributed by atoms with Crippen LogP contribution in [0.2, 0.25) is 0 Å². The normalized spacial score (nSPS) is 22.6. The van der Waals surface area contributed by atoms with Gasteiger partial charge in [0.25, 0.3) is 5.91 Å². The van der Waals surface area contributed by atoms with Crippen LogP contribution in [0.3, 0.4) is 0 Å². The van der Waals surface area contributed by atoms with Crippen molar-refractivity contribution >= 4 is 15.9 Å². The first-order valence-corrected chi connectivity index (χ1v) is 7.80. The highest BCUT2D eigenvalue weighted by Gasteiger charge is 2.35. The van der Waals surface area contributed by atoms with Crippen molar-refractivity contribution in [1.82, 2.24) is 9.88 Å². The molecule has 2 atom stereocenters. The van der Waals surface area contributed by atoms with E-state index in [-0.39, 0.29) is 22.9 Å². The van der Waals surface area contributed by atoms with Crippen molar-refractivity contribution in [3.63, 3.8) is 0 Å². The molecule has 1 aliphatic rings. The summed E-state index contributed by atoms with van der Waals surface area (Å²) in [5, 5.41) is 7.99. The molecule has 3 N–H and O–H groups in total. The SMILES string of the molecule is CC1CC1NC(=O)c1cc(S(N)(=O)=O)cn1C(C)C. The van der Waals surface area contributed by atoms with Crippen molar-refractivity contribution in [1.29, 1.82) is 0 Å². The topological polar surface area (TPSA) is 94.2 Å². The predicted octanol–water partition coefficient (Wildman–Crippen LogP) is 0.855. The fraction of sp³-hybridized carbons (Fsp3) is 0.583. The summed E-state index contributed by atoms with van der Waals surface area (Å²) in [6.07, 6.45) is 2.38. The third-order valence-corrected chi connectivity index (χ3v) is 4.25. The maximum atomic E-state index is 12.1. The van der Waals surface area contributed by atoms with Crippen LogP contribution in [0, 0.1) is 5.92 Å². The van der Waals surface area contributed by atoms with Gasteiger partial charge in [-0.25, -0.2) is 13.6 Å². The molecule has 6 nitrogen and oxygen atoms in total. The number of sulfonamides is 1. The van der Waals surface area contributed by atoms with Crippen LogP contribution in [-0.4, -0.2) is 24.9 Å². The minimum atomic E-state index is -3.80. The molecule has 1 fully saturated rings. The molecule has 1 aromatic rings. The Hall–Kier alpha value is -1.34. The van der Waals surface area contributed by atoms with Crippen LogP contribution in [0.25, 0.3) is 0 Å². The zero-order valence-electron chi connectivity index (χ0n) is 11.3. The van der Waals surface area contributed by atoms with Crippen molar-refractivity contribution < 1.29 is 13.2 Å². The first kappa shape index (κ1) is 14.1. The van der Waals surface area contributed by atoms with Gasteiger partial charge in [-0.2, -0.15) is 0 Å².